The number of nitrogens with two attached hydrogens (primary N) is 1. The number of ether oxygens (including phenoxy) is 7. The van der Waals surface area contributed by atoms with E-state index in [0.29, 0.717) is 57.2 Å². The summed E-state index contributed by atoms with van der Waals surface area (Å²) in [7, 11) is 10.7. The molecule has 0 aromatic heterocycles. The van der Waals surface area contributed by atoms with Crippen LogP contribution in [0.15, 0.2) is 48.7 Å². The molecule has 0 saturated heterocycles. The van der Waals surface area contributed by atoms with Crippen LogP contribution in [-0.2, 0) is 0 Å². The van der Waals surface area contributed by atoms with Crippen LogP contribution in [-0.4, -0.2) is 55.6 Å². The first kappa shape index (κ1) is 29.6. The Bertz CT molecular complexity index is 1390. The molecule has 0 aliphatic rings. The molecule has 3 rings (SSSR count). The van der Waals surface area contributed by atoms with Crippen LogP contribution in [0.5, 0.6) is 40.2 Å². The largest absolute Gasteiger partial charge is 0.493 e. The lowest BCUT2D eigenvalue weighted by molar-refractivity contribution is 0.104. The van der Waals surface area contributed by atoms with Crippen LogP contribution < -0.4 is 44.2 Å². The molecule has 0 amide bonds. The number of carbonyl (C=O) groups is 1. The molecule has 0 bridgehead atoms. The molecular formula is C30H34N2O8. The van der Waals surface area contributed by atoms with Crippen molar-refractivity contribution in [2.75, 3.05) is 60.8 Å². The van der Waals surface area contributed by atoms with Crippen LogP contribution in [0.1, 0.15) is 21.5 Å². The fourth-order valence-electron chi connectivity index (χ4n) is 3.98. The van der Waals surface area contributed by atoms with Crippen molar-refractivity contribution in [2.24, 2.45) is 0 Å². The Balaban J connectivity index is 1.94. The van der Waals surface area contributed by atoms with Crippen LogP contribution in [0, 0.1) is 0 Å². The highest BCUT2D eigenvalue weighted by Gasteiger charge is 2.15. The minimum atomic E-state index is -0.282. The number of allylic oxidation sites excluding steroid dienone is 1. The number of nitrogens with one attached hydrogen (secondary N) is 1. The van der Waals surface area contributed by atoms with Gasteiger partial charge in [-0.15, -0.1) is 0 Å². The highest BCUT2D eigenvalue weighted by atomic mass is 16.5. The predicted octanol–water partition coefficient (Wildman–Crippen LogP) is 5.31. The quantitative estimate of drug-likeness (QED) is 0.125. The smallest absolute Gasteiger partial charge is 0.203 e. The van der Waals surface area contributed by atoms with Gasteiger partial charge in [-0.05, 0) is 35.9 Å². The van der Waals surface area contributed by atoms with Crippen LogP contribution in [0.4, 0.5) is 11.4 Å². The van der Waals surface area contributed by atoms with Crippen LogP contribution in [0.25, 0.3) is 12.2 Å². The van der Waals surface area contributed by atoms with Crippen molar-refractivity contribution in [1.29, 1.82) is 0 Å². The summed E-state index contributed by atoms with van der Waals surface area (Å²) in [6, 6.07) is 10.4. The Morgan fingerprint density at radius 2 is 1.20 bits per heavy atom. The van der Waals surface area contributed by atoms with Gasteiger partial charge in [-0.1, -0.05) is 12.2 Å². The number of hydrogen-bond acceptors (Lipinski definition) is 10. The fraction of sp³-hybridized carbons (Fsp3) is 0.233. The van der Waals surface area contributed by atoms with E-state index in [1.165, 1.54) is 32.6 Å². The predicted molar refractivity (Wildman–Crippen MR) is 156 cm³/mol. The summed E-state index contributed by atoms with van der Waals surface area (Å²) in [5.74, 6) is 3.08. The first-order valence-corrected chi connectivity index (χ1v) is 12.1. The lowest BCUT2D eigenvalue weighted by atomic mass is 10.1. The van der Waals surface area contributed by atoms with Crippen molar-refractivity contribution in [3.63, 3.8) is 0 Å². The van der Waals surface area contributed by atoms with Gasteiger partial charge in [-0.3, -0.25) is 4.79 Å². The number of benzene rings is 3. The maximum Gasteiger partial charge on any atom is 0.203 e. The fourth-order valence-corrected chi connectivity index (χ4v) is 3.98. The van der Waals surface area contributed by atoms with Crippen molar-refractivity contribution in [3.8, 4) is 40.2 Å². The van der Waals surface area contributed by atoms with Crippen molar-refractivity contribution >= 4 is 29.3 Å². The third kappa shape index (κ3) is 6.52. The Morgan fingerprint density at radius 1 is 0.650 bits per heavy atom. The van der Waals surface area contributed by atoms with Gasteiger partial charge in [0.2, 0.25) is 5.75 Å². The van der Waals surface area contributed by atoms with Crippen molar-refractivity contribution in [1.82, 2.24) is 0 Å². The zero-order chi connectivity index (χ0) is 29.2. The summed E-state index contributed by atoms with van der Waals surface area (Å²) in [5.41, 5.74) is 8.91. The lowest BCUT2D eigenvalue weighted by Gasteiger charge is -2.14. The zero-order valence-corrected chi connectivity index (χ0v) is 23.6. The summed E-state index contributed by atoms with van der Waals surface area (Å²) < 4.78 is 37.8. The van der Waals surface area contributed by atoms with Crippen LogP contribution in [0.3, 0.4) is 0 Å². The number of ketones is 1. The summed E-state index contributed by atoms with van der Waals surface area (Å²) in [5, 5.41) is 3.16. The average molecular weight is 551 g/mol. The third-order valence-corrected chi connectivity index (χ3v) is 5.96. The van der Waals surface area contributed by atoms with Crippen molar-refractivity contribution in [3.05, 3.63) is 65.4 Å². The second kappa shape index (κ2) is 13.7. The van der Waals surface area contributed by atoms with E-state index in [-0.39, 0.29) is 5.78 Å². The molecule has 0 radical (unpaired) electrons. The summed E-state index contributed by atoms with van der Waals surface area (Å²) >= 11 is 0. The monoisotopic (exact) mass is 550 g/mol. The van der Waals surface area contributed by atoms with Crippen LogP contribution >= 0.6 is 0 Å². The van der Waals surface area contributed by atoms with Gasteiger partial charge in [-0.2, -0.15) is 0 Å². The molecule has 212 valence electrons. The first-order chi connectivity index (χ1) is 19.3. The maximum atomic E-state index is 12.9. The van der Waals surface area contributed by atoms with Crippen molar-refractivity contribution < 1.29 is 38.0 Å². The summed E-state index contributed by atoms with van der Waals surface area (Å²) in [4.78, 5) is 12.9. The lowest BCUT2D eigenvalue weighted by Crippen LogP contribution is -2.02. The van der Waals surface area contributed by atoms with E-state index < -0.39 is 0 Å². The van der Waals surface area contributed by atoms with Gasteiger partial charge < -0.3 is 44.2 Å². The number of anilines is 2. The van der Waals surface area contributed by atoms with Crippen molar-refractivity contribution in [2.45, 2.75) is 0 Å². The average Bonchev–Trinajstić information content (AvgIpc) is 2.98. The normalized spacial score (nSPS) is 10.9. The molecule has 3 aromatic rings. The van der Waals surface area contributed by atoms with Crippen LogP contribution in [0.2, 0.25) is 0 Å². The van der Waals surface area contributed by atoms with E-state index in [4.69, 9.17) is 38.9 Å². The van der Waals surface area contributed by atoms with Gasteiger partial charge in [0, 0.05) is 35.2 Å². The highest BCUT2D eigenvalue weighted by molar-refractivity contribution is 6.06. The molecule has 0 unspecified atom stereocenters. The number of carbonyl (C=O) groups excluding carboxylic acids is 1. The summed E-state index contributed by atoms with van der Waals surface area (Å²) in [6.07, 6.45) is 6.70. The molecule has 10 heteroatoms. The van der Waals surface area contributed by atoms with E-state index in [9.17, 15) is 4.79 Å². The molecule has 3 aromatic carbocycles. The number of hydrogen-bond donors (Lipinski definition) is 2. The number of rotatable bonds is 13. The Hall–Kier alpha value is -4.99. The molecule has 10 nitrogen and oxygen atoms in total. The van der Waals surface area contributed by atoms with Gasteiger partial charge in [0.25, 0.3) is 0 Å². The number of methoxy groups -OCH3 is 7. The molecular weight excluding hydrogens is 516 g/mol. The molecule has 0 spiro atoms. The molecule has 0 fully saturated rings. The SMILES string of the molecule is COc1cc(/C=C\c2cc(OC)c(OC)c(OC)c2)c(N/C=C\C(=O)c2cc(N)c(OC)c(OC)c2)cc1OC. The third-order valence-electron chi connectivity index (χ3n) is 5.96. The van der Waals surface area contributed by atoms with E-state index in [0.717, 1.165) is 11.1 Å². The first-order valence-electron chi connectivity index (χ1n) is 12.1. The minimum Gasteiger partial charge on any atom is -0.493 e. The van der Waals surface area contributed by atoms with Gasteiger partial charge in [0.15, 0.2) is 40.3 Å². The molecule has 0 atom stereocenters. The Labute approximate surface area is 233 Å². The molecule has 0 aliphatic heterocycles. The van der Waals surface area contributed by atoms with E-state index in [2.05, 4.69) is 5.32 Å². The molecule has 0 heterocycles. The van der Waals surface area contributed by atoms with Gasteiger partial charge in [-0.25, -0.2) is 0 Å². The van der Waals surface area contributed by atoms with E-state index in [1.807, 2.05) is 30.4 Å². The Kier molecular flexibility index (Phi) is 10.1. The zero-order valence-electron chi connectivity index (χ0n) is 23.6. The van der Waals surface area contributed by atoms with Gasteiger partial charge in [0.1, 0.15) is 0 Å². The number of nitrogen functional groups attached to an aromatic ring is 1. The van der Waals surface area contributed by atoms with E-state index >= 15 is 0 Å². The minimum absolute atomic E-state index is 0.282. The molecule has 40 heavy (non-hydrogen) atoms. The highest BCUT2D eigenvalue weighted by Crippen LogP contribution is 2.39. The standard InChI is InChI=1S/C30H34N2O8/c1-34-24-15-19(9-8-18-12-26(36-3)30(40-7)27(13-18)37-4)22(17-25(24)35-2)32-11-10-23(33)20-14-21(31)29(39-6)28(16-20)38-5/h8-17,32H,31H2,1-7H3/b9-8-,11-10-. The topological polar surface area (TPSA) is 120 Å². The van der Waals surface area contributed by atoms with Gasteiger partial charge in [0.05, 0.1) is 55.5 Å². The van der Waals surface area contributed by atoms with Gasteiger partial charge >= 0.3 is 0 Å². The second-order valence-corrected chi connectivity index (χ2v) is 8.23. The second-order valence-electron chi connectivity index (χ2n) is 8.23. The maximum absolute atomic E-state index is 12.9. The Morgan fingerprint density at radius 3 is 1.75 bits per heavy atom. The van der Waals surface area contributed by atoms with E-state index in [1.54, 1.807) is 47.7 Å². The molecule has 0 saturated carbocycles. The molecule has 0 aliphatic carbocycles. The summed E-state index contributed by atoms with van der Waals surface area (Å²) in [6.45, 7) is 0. The molecule has 3 N–H and O–H groups in total.